The Bertz CT molecular complexity index is 2710. The van der Waals surface area contributed by atoms with Crippen LogP contribution in [0.5, 0.6) is 0 Å². The molecule has 0 saturated heterocycles. The topological polar surface area (TPSA) is 3.24 Å². The van der Waals surface area contributed by atoms with Gasteiger partial charge < -0.3 is 4.90 Å². The second-order valence-electron chi connectivity index (χ2n) is 14.5. The number of para-hydroxylation sites is 2. The van der Waals surface area contributed by atoms with Gasteiger partial charge in [-0.2, -0.15) is 0 Å². The van der Waals surface area contributed by atoms with Gasteiger partial charge in [0.1, 0.15) is 0 Å². The third kappa shape index (κ3) is 5.57. The highest BCUT2D eigenvalue weighted by molar-refractivity contribution is 7.25. The Balaban J connectivity index is 1.33. The first-order valence-electron chi connectivity index (χ1n) is 18.0. The Morgan fingerprint density at radius 3 is 1.60 bits per heavy atom. The molecule has 1 heterocycles. The molecule has 0 N–H and O–H groups in total. The second kappa shape index (κ2) is 13.0. The van der Waals surface area contributed by atoms with Crippen molar-refractivity contribution in [3.05, 3.63) is 188 Å². The minimum atomic E-state index is 0.0472. The molecule has 0 spiro atoms. The zero-order valence-corrected chi connectivity index (χ0v) is 30.5. The van der Waals surface area contributed by atoms with Crippen LogP contribution in [0.3, 0.4) is 0 Å². The van der Waals surface area contributed by atoms with Crippen molar-refractivity contribution in [2.24, 2.45) is 0 Å². The summed E-state index contributed by atoms with van der Waals surface area (Å²) in [7, 11) is 0. The van der Waals surface area contributed by atoms with Gasteiger partial charge in [0.2, 0.25) is 0 Å². The van der Waals surface area contributed by atoms with Crippen LogP contribution in [0, 0.1) is 0 Å². The molecule has 250 valence electrons. The van der Waals surface area contributed by atoms with Crippen molar-refractivity contribution in [3.63, 3.8) is 0 Å². The van der Waals surface area contributed by atoms with Gasteiger partial charge in [0.15, 0.2) is 0 Å². The SMILES string of the molecule is CC(C)(C)c1ccc(N(c2ccccc2-c2cccc3cccc(-c4ccccc4)c23)c2ccccc2-c2cccc3sc4ccccc4c23)cc1. The molecule has 0 saturated carbocycles. The summed E-state index contributed by atoms with van der Waals surface area (Å²) in [6.45, 7) is 6.84. The molecule has 8 aromatic carbocycles. The van der Waals surface area contributed by atoms with Gasteiger partial charge in [0.25, 0.3) is 0 Å². The van der Waals surface area contributed by atoms with E-state index in [-0.39, 0.29) is 5.41 Å². The zero-order valence-electron chi connectivity index (χ0n) is 29.7. The zero-order chi connectivity index (χ0) is 35.2. The smallest absolute Gasteiger partial charge is 0.0540 e. The van der Waals surface area contributed by atoms with Gasteiger partial charge in [-0.3, -0.25) is 0 Å². The molecule has 0 unspecified atom stereocenters. The molecule has 52 heavy (non-hydrogen) atoms. The summed E-state index contributed by atoms with van der Waals surface area (Å²) >= 11 is 1.87. The van der Waals surface area contributed by atoms with E-state index in [1.807, 2.05) is 11.3 Å². The molecule has 2 heteroatoms. The molecule has 0 radical (unpaired) electrons. The molecule has 1 nitrogen and oxygen atoms in total. The average molecular weight is 686 g/mol. The van der Waals surface area contributed by atoms with E-state index in [0.29, 0.717) is 0 Å². The number of thiophene rings is 1. The average Bonchev–Trinajstić information content (AvgIpc) is 3.57. The lowest BCUT2D eigenvalue weighted by Crippen LogP contribution is -2.14. The van der Waals surface area contributed by atoms with Crippen molar-refractivity contribution in [1.82, 2.24) is 0 Å². The standard InChI is InChI=1S/C50H39NS/c1-50(2,3)36-30-32-37(33-31-36)51(45-27-11-8-21-40(45)42-25-15-29-47-49(42)43-22-9-12-28-46(43)52-47)44-26-10-7-20-39(44)41-24-14-19-35-18-13-23-38(48(35)41)34-16-5-4-6-17-34/h4-33H,1-3H3. The Morgan fingerprint density at radius 1 is 0.404 bits per heavy atom. The number of hydrogen-bond donors (Lipinski definition) is 0. The lowest BCUT2D eigenvalue weighted by molar-refractivity contribution is 0.590. The lowest BCUT2D eigenvalue weighted by Gasteiger charge is -2.31. The molecule has 0 fully saturated rings. The predicted molar refractivity (Wildman–Crippen MR) is 227 cm³/mol. The van der Waals surface area contributed by atoms with Gasteiger partial charge in [-0.1, -0.05) is 166 Å². The largest absolute Gasteiger partial charge is 0.309 e. The van der Waals surface area contributed by atoms with E-state index >= 15 is 0 Å². The highest BCUT2D eigenvalue weighted by atomic mass is 32.1. The fourth-order valence-corrected chi connectivity index (χ4v) is 8.87. The first-order chi connectivity index (χ1) is 25.5. The molecule has 9 aromatic rings. The normalized spacial score (nSPS) is 11.8. The molecule has 0 amide bonds. The van der Waals surface area contributed by atoms with Gasteiger partial charge in [0.05, 0.1) is 11.4 Å². The van der Waals surface area contributed by atoms with Crippen LogP contribution < -0.4 is 4.90 Å². The number of anilines is 3. The van der Waals surface area contributed by atoms with E-state index in [1.165, 1.54) is 69.9 Å². The van der Waals surface area contributed by atoms with Crippen molar-refractivity contribution in [2.45, 2.75) is 26.2 Å². The summed E-state index contributed by atoms with van der Waals surface area (Å²) in [5.74, 6) is 0. The molecule has 0 aliphatic carbocycles. The van der Waals surface area contributed by atoms with E-state index in [2.05, 4.69) is 208 Å². The summed E-state index contributed by atoms with van der Waals surface area (Å²) in [5, 5.41) is 5.10. The second-order valence-corrected chi connectivity index (χ2v) is 15.6. The number of fused-ring (bicyclic) bond motifs is 4. The number of benzene rings is 8. The summed E-state index contributed by atoms with van der Waals surface area (Å²) in [6, 6.07) is 66.8. The maximum Gasteiger partial charge on any atom is 0.0540 e. The molecular weight excluding hydrogens is 647 g/mol. The maximum atomic E-state index is 2.48. The van der Waals surface area contributed by atoms with Gasteiger partial charge >= 0.3 is 0 Å². The minimum Gasteiger partial charge on any atom is -0.309 e. The van der Waals surface area contributed by atoms with Crippen LogP contribution in [0.25, 0.3) is 64.3 Å². The molecule has 0 aliphatic heterocycles. The Morgan fingerprint density at radius 2 is 0.923 bits per heavy atom. The van der Waals surface area contributed by atoms with E-state index in [4.69, 9.17) is 0 Å². The number of rotatable bonds is 6. The van der Waals surface area contributed by atoms with E-state index in [0.717, 1.165) is 17.1 Å². The molecule has 9 rings (SSSR count). The summed E-state index contributed by atoms with van der Waals surface area (Å²) < 4.78 is 2.62. The van der Waals surface area contributed by atoms with Crippen molar-refractivity contribution < 1.29 is 0 Å². The third-order valence-corrected chi connectivity index (χ3v) is 11.4. The van der Waals surface area contributed by atoms with Crippen LogP contribution >= 0.6 is 11.3 Å². The van der Waals surface area contributed by atoms with Crippen LogP contribution in [0.1, 0.15) is 26.3 Å². The van der Waals surface area contributed by atoms with Crippen LogP contribution in [-0.2, 0) is 5.41 Å². The summed E-state index contributed by atoms with van der Waals surface area (Å²) in [5.41, 5.74) is 12.1. The molecule has 1 aromatic heterocycles. The van der Waals surface area contributed by atoms with Crippen molar-refractivity contribution >= 4 is 59.3 Å². The minimum absolute atomic E-state index is 0.0472. The van der Waals surface area contributed by atoms with E-state index < -0.39 is 0 Å². The number of nitrogens with zero attached hydrogens (tertiary/aromatic N) is 1. The highest BCUT2D eigenvalue weighted by Gasteiger charge is 2.24. The predicted octanol–water partition coefficient (Wildman–Crippen LogP) is 15.0. The van der Waals surface area contributed by atoms with Crippen LogP contribution in [0.4, 0.5) is 17.1 Å². The Kier molecular flexibility index (Phi) is 7.98. The van der Waals surface area contributed by atoms with Crippen molar-refractivity contribution in [1.29, 1.82) is 0 Å². The Hall–Kier alpha value is -5.96. The van der Waals surface area contributed by atoms with Gasteiger partial charge in [0, 0.05) is 37.0 Å². The first-order valence-corrected chi connectivity index (χ1v) is 18.8. The van der Waals surface area contributed by atoms with Gasteiger partial charge in [-0.05, 0) is 80.4 Å². The van der Waals surface area contributed by atoms with Gasteiger partial charge in [-0.15, -0.1) is 11.3 Å². The maximum absolute atomic E-state index is 2.48. The quantitative estimate of drug-likeness (QED) is 0.168. The fraction of sp³-hybridized carbons (Fsp3) is 0.0800. The summed E-state index contributed by atoms with van der Waals surface area (Å²) in [6.07, 6.45) is 0. The monoisotopic (exact) mass is 685 g/mol. The van der Waals surface area contributed by atoms with Crippen LogP contribution in [-0.4, -0.2) is 0 Å². The number of hydrogen-bond acceptors (Lipinski definition) is 2. The van der Waals surface area contributed by atoms with Crippen molar-refractivity contribution in [2.75, 3.05) is 4.90 Å². The van der Waals surface area contributed by atoms with Crippen molar-refractivity contribution in [3.8, 4) is 33.4 Å². The molecule has 0 aliphatic rings. The summed E-state index contributed by atoms with van der Waals surface area (Å²) in [4.78, 5) is 2.48. The van der Waals surface area contributed by atoms with Crippen LogP contribution in [0.15, 0.2) is 182 Å². The molecular formula is C50H39NS. The highest BCUT2D eigenvalue weighted by Crippen LogP contribution is 2.49. The lowest BCUT2D eigenvalue weighted by atomic mass is 9.87. The van der Waals surface area contributed by atoms with E-state index in [1.54, 1.807) is 0 Å². The fourth-order valence-electron chi connectivity index (χ4n) is 7.73. The van der Waals surface area contributed by atoms with Gasteiger partial charge in [-0.25, -0.2) is 0 Å². The van der Waals surface area contributed by atoms with Crippen LogP contribution in [0.2, 0.25) is 0 Å². The Labute approximate surface area is 310 Å². The van der Waals surface area contributed by atoms with E-state index in [9.17, 15) is 0 Å². The molecule has 0 atom stereocenters. The first kappa shape index (κ1) is 32.0. The molecule has 0 bridgehead atoms. The third-order valence-electron chi connectivity index (χ3n) is 10.3.